The number of halogens is 1. The van der Waals surface area contributed by atoms with Gasteiger partial charge in [-0.3, -0.25) is 14.7 Å². The van der Waals surface area contributed by atoms with E-state index >= 15 is 0 Å². The van der Waals surface area contributed by atoms with Crippen molar-refractivity contribution in [2.45, 2.75) is 34.1 Å². The van der Waals surface area contributed by atoms with Crippen LogP contribution in [-0.2, 0) is 0 Å². The molecule has 0 fully saturated rings. The molecule has 0 aromatic carbocycles. The second-order valence-corrected chi connectivity index (χ2v) is 9.34. The largest absolute Gasteiger partial charge is 0.343 e. The van der Waals surface area contributed by atoms with Gasteiger partial charge in [0.2, 0.25) is 0 Å². The highest BCUT2D eigenvalue weighted by atomic mass is 79.9. The first kappa shape index (κ1) is 23.4. The summed E-state index contributed by atoms with van der Waals surface area (Å²) in [5.74, 6) is -0.0562. The summed E-state index contributed by atoms with van der Waals surface area (Å²) >= 11 is 3.63. The first-order valence-corrected chi connectivity index (χ1v) is 11.4. The minimum absolute atomic E-state index is 0.0562. The zero-order chi connectivity index (χ0) is 22.7. The SMILES string of the molecule is C/C(=C\c1c(Br)ccnc1C)CN1CC=C(c2c(C)cc(C(=O)N(C)C)nc2C)CC1. The molecule has 6 heteroatoms. The second-order valence-electron chi connectivity index (χ2n) is 8.48. The van der Waals surface area contributed by atoms with Crippen LogP contribution in [0.4, 0.5) is 0 Å². The molecule has 1 aliphatic rings. The fraction of sp³-hybridized carbons (Fsp3) is 0.400. The van der Waals surface area contributed by atoms with Crippen LogP contribution in [0.3, 0.4) is 0 Å². The third kappa shape index (κ3) is 5.49. The molecule has 0 aliphatic carbocycles. The fourth-order valence-electron chi connectivity index (χ4n) is 4.10. The second kappa shape index (κ2) is 9.88. The summed E-state index contributed by atoms with van der Waals surface area (Å²) < 4.78 is 1.08. The zero-order valence-electron chi connectivity index (χ0n) is 19.3. The third-order valence-corrected chi connectivity index (χ3v) is 6.33. The molecular formula is C25H31BrN4O. The van der Waals surface area contributed by atoms with Gasteiger partial charge in [-0.05, 0) is 57.4 Å². The Labute approximate surface area is 194 Å². The van der Waals surface area contributed by atoms with Crippen LogP contribution in [0.25, 0.3) is 11.6 Å². The van der Waals surface area contributed by atoms with E-state index in [-0.39, 0.29) is 5.91 Å². The van der Waals surface area contributed by atoms with Gasteiger partial charge in [-0.1, -0.05) is 33.7 Å². The van der Waals surface area contributed by atoms with E-state index in [1.165, 1.54) is 16.7 Å². The maximum atomic E-state index is 12.3. The minimum Gasteiger partial charge on any atom is -0.343 e. The van der Waals surface area contributed by atoms with E-state index in [2.05, 4.69) is 56.8 Å². The van der Waals surface area contributed by atoms with Gasteiger partial charge in [0.05, 0.1) is 0 Å². The highest BCUT2D eigenvalue weighted by Crippen LogP contribution is 2.29. The molecule has 0 saturated heterocycles. The van der Waals surface area contributed by atoms with Crippen molar-refractivity contribution in [2.75, 3.05) is 33.7 Å². The van der Waals surface area contributed by atoms with Crippen molar-refractivity contribution in [3.8, 4) is 0 Å². The first-order valence-electron chi connectivity index (χ1n) is 10.6. The number of carbonyl (C=O) groups is 1. The van der Waals surface area contributed by atoms with Gasteiger partial charge < -0.3 is 4.90 Å². The number of pyridine rings is 2. The normalized spacial score (nSPS) is 15.1. The van der Waals surface area contributed by atoms with Crippen LogP contribution in [0.1, 0.15) is 51.9 Å². The summed E-state index contributed by atoms with van der Waals surface area (Å²) in [5, 5.41) is 0. The molecule has 0 radical (unpaired) electrons. The standard InChI is InChI=1S/C25H31BrN4O/c1-16(13-21-18(3)27-10-7-22(21)26)15-30-11-8-20(9-12-30)24-17(2)14-23(28-19(24)4)25(31)29(5)6/h7-8,10,13-14H,9,11-12,15H2,1-6H3/b16-13+. The maximum Gasteiger partial charge on any atom is 0.271 e. The van der Waals surface area contributed by atoms with Crippen LogP contribution < -0.4 is 0 Å². The molecule has 2 aromatic heterocycles. The summed E-state index contributed by atoms with van der Waals surface area (Å²) in [7, 11) is 3.51. The van der Waals surface area contributed by atoms with Crippen LogP contribution in [-0.4, -0.2) is 59.4 Å². The van der Waals surface area contributed by atoms with Gasteiger partial charge in [0.1, 0.15) is 5.69 Å². The van der Waals surface area contributed by atoms with Crippen molar-refractivity contribution in [1.29, 1.82) is 0 Å². The molecule has 1 amide bonds. The average molecular weight is 483 g/mol. The number of hydrogen-bond donors (Lipinski definition) is 0. The molecule has 0 saturated carbocycles. The van der Waals surface area contributed by atoms with Gasteiger partial charge in [0, 0.05) is 66.9 Å². The Morgan fingerprint density at radius 1 is 1.26 bits per heavy atom. The van der Waals surface area contributed by atoms with Gasteiger partial charge in [-0.2, -0.15) is 0 Å². The zero-order valence-corrected chi connectivity index (χ0v) is 20.9. The van der Waals surface area contributed by atoms with Gasteiger partial charge >= 0.3 is 0 Å². The smallest absolute Gasteiger partial charge is 0.271 e. The lowest BCUT2D eigenvalue weighted by Gasteiger charge is -2.28. The monoisotopic (exact) mass is 482 g/mol. The Balaban J connectivity index is 1.73. The van der Waals surface area contributed by atoms with Crippen molar-refractivity contribution >= 4 is 33.5 Å². The molecule has 0 N–H and O–H groups in total. The van der Waals surface area contributed by atoms with E-state index in [0.717, 1.165) is 53.0 Å². The number of aromatic nitrogens is 2. The van der Waals surface area contributed by atoms with Gasteiger partial charge in [0.25, 0.3) is 5.91 Å². The summed E-state index contributed by atoms with van der Waals surface area (Å²) in [6.07, 6.45) is 7.34. The Kier molecular flexibility index (Phi) is 7.44. The van der Waals surface area contributed by atoms with Crippen molar-refractivity contribution in [3.05, 3.63) is 68.2 Å². The topological polar surface area (TPSA) is 49.3 Å². The third-order valence-electron chi connectivity index (χ3n) is 5.64. The molecule has 0 spiro atoms. The van der Waals surface area contributed by atoms with Crippen LogP contribution in [0, 0.1) is 20.8 Å². The number of rotatable bonds is 5. The van der Waals surface area contributed by atoms with Gasteiger partial charge in [-0.15, -0.1) is 0 Å². The van der Waals surface area contributed by atoms with Gasteiger partial charge in [-0.25, -0.2) is 4.98 Å². The minimum atomic E-state index is -0.0562. The van der Waals surface area contributed by atoms with Crippen LogP contribution in [0.5, 0.6) is 0 Å². The molecule has 0 bridgehead atoms. The highest BCUT2D eigenvalue weighted by molar-refractivity contribution is 9.10. The predicted octanol–water partition coefficient (Wildman–Crippen LogP) is 5.06. The summed E-state index contributed by atoms with van der Waals surface area (Å²) in [4.78, 5) is 25.3. The highest BCUT2D eigenvalue weighted by Gasteiger charge is 2.19. The lowest BCUT2D eigenvalue weighted by molar-refractivity contribution is 0.0821. The molecule has 3 heterocycles. The molecule has 0 unspecified atom stereocenters. The fourth-order valence-corrected chi connectivity index (χ4v) is 4.62. The molecular weight excluding hydrogens is 452 g/mol. The van der Waals surface area contributed by atoms with Crippen molar-refractivity contribution in [1.82, 2.24) is 19.8 Å². The van der Waals surface area contributed by atoms with E-state index in [0.29, 0.717) is 5.69 Å². The number of nitrogens with zero attached hydrogens (tertiary/aromatic N) is 4. The molecule has 1 aliphatic heterocycles. The Bertz CT molecular complexity index is 1010. The van der Waals surface area contributed by atoms with E-state index in [1.54, 1.807) is 19.0 Å². The van der Waals surface area contributed by atoms with E-state index in [4.69, 9.17) is 0 Å². The van der Waals surface area contributed by atoms with E-state index < -0.39 is 0 Å². The number of hydrogen-bond acceptors (Lipinski definition) is 4. The van der Waals surface area contributed by atoms with Gasteiger partial charge in [0.15, 0.2) is 0 Å². The van der Waals surface area contributed by atoms with E-state index in [1.807, 2.05) is 32.2 Å². The van der Waals surface area contributed by atoms with Crippen LogP contribution >= 0.6 is 15.9 Å². The summed E-state index contributed by atoms with van der Waals surface area (Å²) in [6.45, 7) is 11.1. The molecule has 3 rings (SSSR count). The summed E-state index contributed by atoms with van der Waals surface area (Å²) in [6, 6.07) is 3.90. The molecule has 5 nitrogen and oxygen atoms in total. The van der Waals surface area contributed by atoms with Crippen molar-refractivity contribution in [2.24, 2.45) is 0 Å². The van der Waals surface area contributed by atoms with Crippen molar-refractivity contribution < 1.29 is 4.79 Å². The van der Waals surface area contributed by atoms with Crippen LogP contribution in [0.15, 0.2) is 34.5 Å². The maximum absolute atomic E-state index is 12.3. The van der Waals surface area contributed by atoms with Crippen molar-refractivity contribution in [3.63, 3.8) is 0 Å². The Morgan fingerprint density at radius 3 is 2.58 bits per heavy atom. The molecule has 164 valence electrons. The average Bonchev–Trinajstić information content (AvgIpc) is 2.71. The number of carbonyl (C=O) groups excluding carboxylic acids is 1. The lowest BCUT2D eigenvalue weighted by atomic mass is 9.93. The number of aryl methyl sites for hydroxylation is 3. The molecule has 2 aromatic rings. The molecule has 31 heavy (non-hydrogen) atoms. The molecule has 0 atom stereocenters. The first-order chi connectivity index (χ1) is 14.7. The lowest BCUT2D eigenvalue weighted by Crippen LogP contribution is -2.30. The Hall–Kier alpha value is -2.31. The Morgan fingerprint density at radius 2 is 2.00 bits per heavy atom. The van der Waals surface area contributed by atoms with E-state index in [9.17, 15) is 4.79 Å². The summed E-state index contributed by atoms with van der Waals surface area (Å²) in [5.41, 5.74) is 8.58. The quantitative estimate of drug-likeness (QED) is 0.597. The predicted molar refractivity (Wildman–Crippen MR) is 131 cm³/mol. The number of amides is 1. The van der Waals surface area contributed by atoms with Crippen LogP contribution in [0.2, 0.25) is 0 Å².